The number of benzene rings is 1. The van der Waals surface area contributed by atoms with Crippen molar-refractivity contribution in [1.29, 1.82) is 0 Å². The monoisotopic (exact) mass is 373 g/mol. The van der Waals surface area contributed by atoms with Gasteiger partial charge in [0.2, 0.25) is 0 Å². The Balaban J connectivity index is 1.78. The van der Waals surface area contributed by atoms with E-state index in [4.69, 9.17) is 9.15 Å². The van der Waals surface area contributed by atoms with Crippen molar-refractivity contribution in [3.05, 3.63) is 36.4 Å². The highest BCUT2D eigenvalue weighted by atomic mass is 16.5. The second-order valence-electron chi connectivity index (χ2n) is 6.97. The molecule has 0 bridgehead atoms. The fourth-order valence-corrected chi connectivity index (χ4v) is 3.35. The molecule has 0 saturated carbocycles. The quantitative estimate of drug-likeness (QED) is 0.823. The lowest BCUT2D eigenvalue weighted by atomic mass is 9.98. The predicted molar refractivity (Wildman–Crippen MR) is 98.9 cm³/mol. The van der Waals surface area contributed by atoms with Gasteiger partial charge in [0.15, 0.2) is 17.8 Å². The molecule has 1 aliphatic rings. The van der Waals surface area contributed by atoms with E-state index in [1.54, 1.807) is 6.92 Å². The van der Waals surface area contributed by atoms with E-state index >= 15 is 0 Å². The zero-order valence-electron chi connectivity index (χ0n) is 15.6. The maximum Gasteiger partial charge on any atom is 0.407 e. The van der Waals surface area contributed by atoms with Gasteiger partial charge in [-0.1, -0.05) is 0 Å². The zero-order valence-corrected chi connectivity index (χ0v) is 15.6. The first-order valence-corrected chi connectivity index (χ1v) is 8.80. The first-order chi connectivity index (χ1) is 12.8. The summed E-state index contributed by atoms with van der Waals surface area (Å²) in [5.74, 6) is -0.145. The topological polar surface area (TPSA) is 96.1 Å². The van der Waals surface area contributed by atoms with Crippen LogP contribution in [0, 0.1) is 0 Å². The van der Waals surface area contributed by atoms with E-state index in [1.807, 2.05) is 38.1 Å². The van der Waals surface area contributed by atoms with Crippen LogP contribution in [0.1, 0.15) is 31.3 Å². The third-order valence-electron chi connectivity index (χ3n) is 4.66. The molecule has 144 valence electrons. The van der Waals surface area contributed by atoms with Crippen molar-refractivity contribution in [3.8, 4) is 11.3 Å². The highest BCUT2D eigenvalue weighted by Gasteiger charge is 2.36. The Morgan fingerprint density at radius 3 is 2.56 bits per heavy atom. The second kappa shape index (κ2) is 7.30. The molecule has 0 aliphatic carbocycles. The molecule has 1 amide bonds. The van der Waals surface area contributed by atoms with Gasteiger partial charge in [-0.3, -0.25) is 4.90 Å². The lowest BCUT2D eigenvalue weighted by Gasteiger charge is -2.46. The summed E-state index contributed by atoms with van der Waals surface area (Å²) in [6.45, 7) is 7.49. The van der Waals surface area contributed by atoms with E-state index < -0.39 is 17.6 Å². The summed E-state index contributed by atoms with van der Waals surface area (Å²) in [6, 6.07) is 7.57. The average Bonchev–Trinajstić information content (AvgIpc) is 3.10. The number of esters is 1. The Morgan fingerprint density at radius 1 is 1.26 bits per heavy atom. The van der Waals surface area contributed by atoms with Crippen LogP contribution in [0.4, 0.5) is 10.5 Å². The molecule has 27 heavy (non-hydrogen) atoms. The molecule has 2 heterocycles. The molecule has 1 saturated heterocycles. The lowest BCUT2D eigenvalue weighted by molar-refractivity contribution is 0.0520. The minimum Gasteiger partial charge on any atom is -0.465 e. The number of oxazole rings is 1. The molecule has 0 unspecified atom stereocenters. The Bertz CT molecular complexity index is 828. The third kappa shape index (κ3) is 3.74. The predicted octanol–water partition coefficient (Wildman–Crippen LogP) is 3.10. The molecular weight excluding hydrogens is 350 g/mol. The molecule has 1 aromatic carbocycles. The Morgan fingerprint density at radius 2 is 1.96 bits per heavy atom. The molecular formula is C19H23N3O5. The van der Waals surface area contributed by atoms with Crippen LogP contribution >= 0.6 is 0 Å². The van der Waals surface area contributed by atoms with Crippen LogP contribution in [0.15, 0.2) is 35.1 Å². The van der Waals surface area contributed by atoms with E-state index in [-0.39, 0.29) is 12.3 Å². The van der Waals surface area contributed by atoms with Crippen molar-refractivity contribution in [2.45, 2.75) is 26.3 Å². The number of aromatic nitrogens is 1. The number of ether oxygens (including phenoxy) is 1. The first-order valence-electron chi connectivity index (χ1n) is 8.80. The maximum absolute atomic E-state index is 12.0. The summed E-state index contributed by atoms with van der Waals surface area (Å²) in [7, 11) is 0. The van der Waals surface area contributed by atoms with E-state index in [0.29, 0.717) is 25.4 Å². The average molecular weight is 373 g/mol. The van der Waals surface area contributed by atoms with Gasteiger partial charge in [0.25, 0.3) is 0 Å². The minimum atomic E-state index is -0.896. The summed E-state index contributed by atoms with van der Waals surface area (Å²) >= 11 is 0. The SMILES string of the molecule is CCOC(=O)c1ncoc1-c1ccc(N2CCN(C(=O)O)C(C)(C)C2)cc1. The van der Waals surface area contributed by atoms with Crippen LogP contribution in [-0.2, 0) is 4.74 Å². The summed E-state index contributed by atoms with van der Waals surface area (Å²) in [6.07, 6.45) is 0.329. The molecule has 8 heteroatoms. The van der Waals surface area contributed by atoms with Gasteiger partial charge in [0.1, 0.15) is 0 Å². The number of piperazine rings is 1. The number of carbonyl (C=O) groups is 2. The van der Waals surface area contributed by atoms with Gasteiger partial charge >= 0.3 is 12.1 Å². The van der Waals surface area contributed by atoms with Crippen molar-refractivity contribution < 1.29 is 23.8 Å². The molecule has 1 aliphatic heterocycles. The summed E-state index contributed by atoms with van der Waals surface area (Å²) in [5.41, 5.74) is 1.38. The van der Waals surface area contributed by atoms with Crippen molar-refractivity contribution in [2.24, 2.45) is 0 Å². The highest BCUT2D eigenvalue weighted by Crippen LogP contribution is 2.29. The Labute approximate surface area is 157 Å². The van der Waals surface area contributed by atoms with Crippen molar-refractivity contribution in [1.82, 2.24) is 9.88 Å². The van der Waals surface area contributed by atoms with Gasteiger partial charge < -0.3 is 19.2 Å². The molecule has 2 aromatic rings. The van der Waals surface area contributed by atoms with Crippen molar-refractivity contribution in [2.75, 3.05) is 31.1 Å². The minimum absolute atomic E-state index is 0.154. The summed E-state index contributed by atoms with van der Waals surface area (Å²) < 4.78 is 10.4. The van der Waals surface area contributed by atoms with Crippen molar-refractivity contribution in [3.63, 3.8) is 0 Å². The molecule has 0 atom stereocenters. The van der Waals surface area contributed by atoms with Gasteiger partial charge in [0, 0.05) is 30.9 Å². The fraction of sp³-hybridized carbons (Fsp3) is 0.421. The zero-order chi connectivity index (χ0) is 19.6. The smallest absolute Gasteiger partial charge is 0.407 e. The molecule has 1 aromatic heterocycles. The van der Waals surface area contributed by atoms with Crippen LogP contribution in [0.2, 0.25) is 0 Å². The molecule has 1 fully saturated rings. The fourth-order valence-electron chi connectivity index (χ4n) is 3.35. The maximum atomic E-state index is 12.0. The van der Waals surface area contributed by atoms with Gasteiger partial charge in [0.05, 0.1) is 12.1 Å². The first kappa shape index (κ1) is 18.8. The Kier molecular flexibility index (Phi) is 5.07. The number of hydrogen-bond donors (Lipinski definition) is 1. The van der Waals surface area contributed by atoms with Crippen LogP contribution in [0.25, 0.3) is 11.3 Å². The second-order valence-corrected chi connectivity index (χ2v) is 6.97. The van der Waals surface area contributed by atoms with Gasteiger partial charge in [-0.25, -0.2) is 14.6 Å². The van der Waals surface area contributed by atoms with Gasteiger partial charge in [-0.15, -0.1) is 0 Å². The normalized spacial score (nSPS) is 16.3. The third-order valence-corrected chi connectivity index (χ3v) is 4.66. The van der Waals surface area contributed by atoms with Crippen molar-refractivity contribution >= 4 is 17.7 Å². The number of nitrogens with zero attached hydrogens (tertiary/aromatic N) is 3. The molecule has 1 N–H and O–H groups in total. The Hall–Kier alpha value is -3.03. The van der Waals surface area contributed by atoms with E-state index in [9.17, 15) is 14.7 Å². The summed E-state index contributed by atoms with van der Waals surface area (Å²) in [5, 5.41) is 9.34. The van der Waals surface area contributed by atoms with Crippen LogP contribution in [-0.4, -0.2) is 58.8 Å². The van der Waals surface area contributed by atoms with Crippen LogP contribution < -0.4 is 4.90 Å². The van der Waals surface area contributed by atoms with E-state index in [0.717, 1.165) is 11.3 Å². The van der Waals surface area contributed by atoms with Crippen LogP contribution in [0.3, 0.4) is 0 Å². The van der Waals surface area contributed by atoms with E-state index in [1.165, 1.54) is 11.3 Å². The van der Waals surface area contributed by atoms with Gasteiger partial charge in [-0.2, -0.15) is 0 Å². The van der Waals surface area contributed by atoms with E-state index in [2.05, 4.69) is 9.88 Å². The number of hydrogen-bond acceptors (Lipinski definition) is 6. The van der Waals surface area contributed by atoms with Gasteiger partial charge in [-0.05, 0) is 45.0 Å². The molecule has 3 rings (SSSR count). The highest BCUT2D eigenvalue weighted by molar-refractivity contribution is 5.93. The number of rotatable bonds is 4. The largest absolute Gasteiger partial charge is 0.465 e. The number of carboxylic acid groups (broad SMARTS) is 1. The number of carbonyl (C=O) groups excluding carboxylic acids is 1. The summed E-state index contributed by atoms with van der Waals surface area (Å²) in [4.78, 5) is 30.9. The lowest BCUT2D eigenvalue weighted by Crippen LogP contribution is -2.60. The molecule has 0 radical (unpaired) electrons. The number of anilines is 1. The number of amides is 1. The molecule has 0 spiro atoms. The van der Waals surface area contributed by atoms with Crippen LogP contribution in [0.5, 0.6) is 0 Å². The standard InChI is InChI=1S/C19H23N3O5/c1-4-26-17(23)15-16(27-12-20-15)13-5-7-14(8-6-13)21-9-10-22(18(24)25)19(2,3)11-21/h5-8,12H,4,9-11H2,1-3H3,(H,24,25). The molecule has 8 nitrogen and oxygen atoms in total.